The summed E-state index contributed by atoms with van der Waals surface area (Å²) in [6.45, 7) is 3.06. The second-order valence-corrected chi connectivity index (χ2v) is 5.80. The molecular formula is C13H14BrFN2O. The summed E-state index contributed by atoms with van der Waals surface area (Å²) in [4.78, 5) is 15.4. The molecule has 3 heterocycles. The van der Waals surface area contributed by atoms with Gasteiger partial charge < -0.3 is 9.80 Å². The standard InChI is InChI=1S/C13H14BrFN2O/c1-8(18)17-9-5-10(17)7-16(6-9)12-4-2-3-11(14)13(12)15/h2-4,9-10H,5-7H2,1H3. The number of rotatable bonds is 1. The van der Waals surface area contributed by atoms with Crippen LogP contribution in [0.5, 0.6) is 0 Å². The zero-order chi connectivity index (χ0) is 12.9. The van der Waals surface area contributed by atoms with Gasteiger partial charge in [-0.2, -0.15) is 0 Å². The van der Waals surface area contributed by atoms with Crippen LogP contribution in [0.4, 0.5) is 10.1 Å². The number of hydrogen-bond acceptors (Lipinski definition) is 2. The van der Waals surface area contributed by atoms with Crippen LogP contribution >= 0.6 is 15.9 Å². The predicted molar refractivity (Wildman–Crippen MR) is 71.0 cm³/mol. The molecule has 0 N–H and O–H groups in total. The molecule has 2 bridgehead atoms. The third-order valence-electron chi connectivity index (χ3n) is 3.83. The highest BCUT2D eigenvalue weighted by Crippen LogP contribution is 2.36. The van der Waals surface area contributed by atoms with Crippen molar-refractivity contribution >= 4 is 27.5 Å². The Hall–Kier alpha value is -1.10. The van der Waals surface area contributed by atoms with Crippen LogP contribution in [0.3, 0.4) is 0 Å². The Kier molecular flexibility index (Phi) is 2.81. The van der Waals surface area contributed by atoms with E-state index in [4.69, 9.17) is 0 Å². The monoisotopic (exact) mass is 312 g/mol. The van der Waals surface area contributed by atoms with Gasteiger partial charge in [0.05, 0.1) is 22.2 Å². The van der Waals surface area contributed by atoms with Crippen LogP contribution in [0.2, 0.25) is 0 Å². The molecule has 96 valence electrons. The van der Waals surface area contributed by atoms with Gasteiger partial charge in [0.1, 0.15) is 0 Å². The van der Waals surface area contributed by atoms with Crippen molar-refractivity contribution in [3.63, 3.8) is 0 Å². The largest absolute Gasteiger partial charge is 0.365 e. The van der Waals surface area contributed by atoms with Crippen molar-refractivity contribution in [2.24, 2.45) is 0 Å². The van der Waals surface area contributed by atoms with Crippen LogP contribution in [0.15, 0.2) is 22.7 Å². The van der Waals surface area contributed by atoms with Crippen molar-refractivity contribution in [2.45, 2.75) is 25.4 Å². The van der Waals surface area contributed by atoms with E-state index in [1.807, 2.05) is 15.9 Å². The van der Waals surface area contributed by atoms with Crippen molar-refractivity contribution in [1.29, 1.82) is 0 Å². The van der Waals surface area contributed by atoms with Crippen molar-refractivity contribution in [3.8, 4) is 0 Å². The third kappa shape index (κ3) is 1.72. The maximum Gasteiger partial charge on any atom is 0.220 e. The number of nitrogens with zero attached hydrogens (tertiary/aromatic N) is 2. The van der Waals surface area contributed by atoms with Crippen molar-refractivity contribution in [2.75, 3.05) is 18.0 Å². The number of piperazine rings is 1. The van der Waals surface area contributed by atoms with Gasteiger partial charge in [-0.05, 0) is 34.5 Å². The highest BCUT2D eigenvalue weighted by atomic mass is 79.9. The van der Waals surface area contributed by atoms with E-state index in [2.05, 4.69) is 15.9 Å². The molecule has 5 heteroatoms. The lowest BCUT2D eigenvalue weighted by Crippen LogP contribution is -2.70. The molecule has 4 rings (SSSR count). The van der Waals surface area contributed by atoms with Gasteiger partial charge in [-0.25, -0.2) is 4.39 Å². The second-order valence-electron chi connectivity index (χ2n) is 4.95. The molecule has 1 amide bonds. The average Bonchev–Trinajstić information content (AvgIpc) is 2.32. The van der Waals surface area contributed by atoms with Gasteiger partial charge in [-0.15, -0.1) is 0 Å². The number of halogens is 2. The average molecular weight is 313 g/mol. The smallest absolute Gasteiger partial charge is 0.220 e. The molecular weight excluding hydrogens is 299 g/mol. The zero-order valence-electron chi connectivity index (χ0n) is 10.1. The quantitative estimate of drug-likeness (QED) is 0.795. The summed E-state index contributed by atoms with van der Waals surface area (Å²) in [5.74, 6) is -0.0845. The summed E-state index contributed by atoms with van der Waals surface area (Å²) < 4.78 is 14.5. The molecule has 0 aromatic heterocycles. The summed E-state index contributed by atoms with van der Waals surface area (Å²) in [5.41, 5.74) is 0.627. The SMILES string of the molecule is CC(=O)N1C2CC1CN(c1cccc(Br)c1F)C2. The third-order valence-corrected chi connectivity index (χ3v) is 4.44. The lowest BCUT2D eigenvalue weighted by molar-refractivity contribution is -0.143. The number of benzene rings is 1. The highest BCUT2D eigenvalue weighted by molar-refractivity contribution is 9.10. The first-order valence-corrected chi connectivity index (χ1v) is 6.85. The molecule has 18 heavy (non-hydrogen) atoms. The molecule has 1 aromatic rings. The minimum atomic E-state index is -0.215. The highest BCUT2D eigenvalue weighted by Gasteiger charge is 2.46. The first-order valence-electron chi connectivity index (χ1n) is 6.06. The van der Waals surface area contributed by atoms with E-state index in [1.165, 1.54) is 0 Å². The van der Waals surface area contributed by atoms with Gasteiger partial charge in [0.25, 0.3) is 0 Å². The Balaban J connectivity index is 1.82. The zero-order valence-corrected chi connectivity index (χ0v) is 11.7. The fourth-order valence-electron chi connectivity index (χ4n) is 3.06. The maximum atomic E-state index is 14.0. The second kappa shape index (κ2) is 4.23. The summed E-state index contributed by atoms with van der Waals surface area (Å²) >= 11 is 3.21. The summed E-state index contributed by atoms with van der Waals surface area (Å²) in [7, 11) is 0. The maximum absolute atomic E-state index is 14.0. The van der Waals surface area contributed by atoms with Gasteiger partial charge in [0, 0.05) is 20.0 Å². The molecule has 3 aliphatic rings. The minimum absolute atomic E-state index is 0.130. The number of piperidine rings is 1. The first kappa shape index (κ1) is 12.0. The molecule has 2 atom stereocenters. The molecule has 0 spiro atoms. The molecule has 2 unspecified atom stereocenters. The lowest BCUT2D eigenvalue weighted by Gasteiger charge is -2.56. The van der Waals surface area contributed by atoms with Gasteiger partial charge >= 0.3 is 0 Å². The Morgan fingerprint density at radius 3 is 2.67 bits per heavy atom. The summed E-state index contributed by atoms with van der Waals surface area (Å²) in [5, 5.41) is 0. The number of carbonyl (C=O) groups excluding carboxylic acids is 1. The van der Waals surface area contributed by atoms with E-state index in [9.17, 15) is 9.18 Å². The molecule has 3 aliphatic heterocycles. The van der Waals surface area contributed by atoms with Crippen LogP contribution in [0.1, 0.15) is 13.3 Å². The normalized spacial score (nSPS) is 25.9. The predicted octanol–water partition coefficient (Wildman–Crippen LogP) is 2.40. The molecule has 0 saturated carbocycles. The Labute approximate surface area is 114 Å². The topological polar surface area (TPSA) is 23.6 Å². The fraction of sp³-hybridized carbons (Fsp3) is 0.462. The van der Waals surface area contributed by atoms with Crippen LogP contribution in [-0.4, -0.2) is 36.0 Å². The molecule has 0 radical (unpaired) electrons. The number of hydrogen-bond donors (Lipinski definition) is 0. The molecule has 1 aromatic carbocycles. The van der Waals surface area contributed by atoms with Crippen LogP contribution < -0.4 is 4.90 Å². The lowest BCUT2D eigenvalue weighted by atomic mass is 9.87. The van der Waals surface area contributed by atoms with E-state index in [0.29, 0.717) is 10.2 Å². The number of amides is 1. The minimum Gasteiger partial charge on any atom is -0.365 e. The van der Waals surface area contributed by atoms with Crippen molar-refractivity contribution < 1.29 is 9.18 Å². The Bertz CT molecular complexity index is 496. The van der Waals surface area contributed by atoms with E-state index in [0.717, 1.165) is 19.5 Å². The van der Waals surface area contributed by atoms with Gasteiger partial charge in [0.15, 0.2) is 5.82 Å². The van der Waals surface area contributed by atoms with E-state index in [1.54, 1.807) is 19.1 Å². The molecule has 3 saturated heterocycles. The number of anilines is 1. The van der Waals surface area contributed by atoms with Gasteiger partial charge in [0.2, 0.25) is 5.91 Å². The molecule has 3 fully saturated rings. The van der Waals surface area contributed by atoms with Crippen LogP contribution in [-0.2, 0) is 4.79 Å². The number of carbonyl (C=O) groups is 1. The fourth-order valence-corrected chi connectivity index (χ4v) is 3.41. The molecule has 0 aliphatic carbocycles. The Morgan fingerprint density at radius 1 is 1.39 bits per heavy atom. The number of fused-ring (bicyclic) bond motifs is 2. The van der Waals surface area contributed by atoms with Crippen LogP contribution in [0, 0.1) is 5.82 Å². The first-order chi connectivity index (χ1) is 8.58. The Morgan fingerprint density at radius 2 is 2.06 bits per heavy atom. The van der Waals surface area contributed by atoms with Crippen molar-refractivity contribution in [3.05, 3.63) is 28.5 Å². The summed E-state index contributed by atoms with van der Waals surface area (Å²) in [6.07, 6.45) is 1.05. The van der Waals surface area contributed by atoms with E-state index < -0.39 is 0 Å². The van der Waals surface area contributed by atoms with Crippen LogP contribution in [0.25, 0.3) is 0 Å². The van der Waals surface area contributed by atoms with Crippen molar-refractivity contribution in [1.82, 2.24) is 4.90 Å². The molecule has 3 nitrogen and oxygen atoms in total. The van der Waals surface area contributed by atoms with E-state index in [-0.39, 0.29) is 23.8 Å². The van der Waals surface area contributed by atoms with Gasteiger partial charge in [-0.3, -0.25) is 4.79 Å². The van der Waals surface area contributed by atoms with E-state index >= 15 is 0 Å². The summed E-state index contributed by atoms with van der Waals surface area (Å²) in [6, 6.07) is 5.83. The van der Waals surface area contributed by atoms with Gasteiger partial charge in [-0.1, -0.05) is 6.07 Å².